The van der Waals surface area contributed by atoms with Gasteiger partial charge in [-0.2, -0.15) is 0 Å². The number of hydrogen-bond acceptors (Lipinski definition) is 5. The number of aliphatic hydroxyl groups is 1. The summed E-state index contributed by atoms with van der Waals surface area (Å²) in [7, 11) is 0. The Morgan fingerprint density at radius 1 is 1.39 bits per heavy atom. The molecule has 2 N–H and O–H groups in total. The van der Waals surface area contributed by atoms with Crippen molar-refractivity contribution in [2.45, 2.75) is 19.4 Å². The summed E-state index contributed by atoms with van der Waals surface area (Å²) < 4.78 is 10.5. The molecule has 120 valence electrons. The second kappa shape index (κ2) is 6.06. The molecule has 0 aliphatic rings. The second-order valence-electron chi connectivity index (χ2n) is 5.36. The number of nitrogens with one attached hydrogen (secondary N) is 1. The fourth-order valence-corrected chi connectivity index (χ4v) is 3.35. The summed E-state index contributed by atoms with van der Waals surface area (Å²) in [5.74, 6) is 0.955. The Bertz CT molecular complexity index is 753. The monoisotopic (exact) mass is 331 g/mol. The average molecular weight is 331 g/mol. The fraction of sp³-hybridized carbons (Fsp3) is 0.235. The molecule has 0 saturated carbocycles. The third-order valence-electron chi connectivity index (χ3n) is 3.72. The highest BCUT2D eigenvalue weighted by atomic mass is 32.1. The van der Waals surface area contributed by atoms with Crippen LogP contribution < -0.4 is 5.32 Å². The highest BCUT2D eigenvalue weighted by Gasteiger charge is 2.34. The molecule has 1 atom stereocenters. The summed E-state index contributed by atoms with van der Waals surface area (Å²) in [6.45, 7) is 3.57. The van der Waals surface area contributed by atoms with Crippen molar-refractivity contribution in [2.75, 3.05) is 6.54 Å². The minimum absolute atomic E-state index is 0.0372. The smallest absolute Gasteiger partial charge is 0.254 e. The first-order valence-corrected chi connectivity index (χ1v) is 8.03. The maximum absolute atomic E-state index is 12.4. The van der Waals surface area contributed by atoms with Crippen LogP contribution in [0.5, 0.6) is 0 Å². The van der Waals surface area contributed by atoms with Crippen molar-refractivity contribution in [3.63, 3.8) is 0 Å². The van der Waals surface area contributed by atoms with Gasteiger partial charge in [0.1, 0.15) is 17.1 Å². The summed E-state index contributed by atoms with van der Waals surface area (Å²) in [4.78, 5) is 13.1. The quantitative estimate of drug-likeness (QED) is 0.753. The Morgan fingerprint density at radius 2 is 2.22 bits per heavy atom. The van der Waals surface area contributed by atoms with Crippen molar-refractivity contribution in [3.8, 4) is 0 Å². The van der Waals surface area contributed by atoms with Crippen LogP contribution in [0.1, 0.15) is 32.3 Å². The Hall–Kier alpha value is -2.31. The molecule has 1 amide bonds. The van der Waals surface area contributed by atoms with Gasteiger partial charge in [0.25, 0.3) is 5.91 Å². The summed E-state index contributed by atoms with van der Waals surface area (Å²) in [5.41, 5.74) is -0.257. The van der Waals surface area contributed by atoms with E-state index < -0.39 is 5.60 Å². The number of rotatable bonds is 5. The fourth-order valence-electron chi connectivity index (χ4n) is 2.50. The highest BCUT2D eigenvalue weighted by molar-refractivity contribution is 7.10. The Morgan fingerprint density at radius 3 is 2.78 bits per heavy atom. The van der Waals surface area contributed by atoms with Gasteiger partial charge in [-0.25, -0.2) is 0 Å². The molecule has 6 heteroatoms. The number of amides is 1. The van der Waals surface area contributed by atoms with Gasteiger partial charge >= 0.3 is 0 Å². The minimum atomic E-state index is -1.33. The Kier molecular flexibility index (Phi) is 4.11. The zero-order valence-corrected chi connectivity index (χ0v) is 13.6. The first-order valence-electron chi connectivity index (χ1n) is 7.15. The van der Waals surface area contributed by atoms with Crippen molar-refractivity contribution >= 4 is 17.2 Å². The summed E-state index contributed by atoms with van der Waals surface area (Å²) >= 11 is 1.42. The minimum Gasteiger partial charge on any atom is -0.472 e. The van der Waals surface area contributed by atoms with E-state index in [2.05, 4.69) is 5.32 Å². The average Bonchev–Trinajstić information content (AvgIpc) is 3.26. The normalized spacial score (nSPS) is 13.7. The number of hydrogen-bond donors (Lipinski definition) is 2. The van der Waals surface area contributed by atoms with E-state index >= 15 is 0 Å². The molecule has 5 nitrogen and oxygen atoms in total. The number of aryl methyl sites for hydroxylation is 2. The van der Waals surface area contributed by atoms with Crippen LogP contribution in [0.4, 0.5) is 0 Å². The van der Waals surface area contributed by atoms with Gasteiger partial charge in [0.05, 0.1) is 24.6 Å². The lowest BCUT2D eigenvalue weighted by molar-refractivity contribution is 0.0713. The van der Waals surface area contributed by atoms with Crippen LogP contribution in [0.25, 0.3) is 0 Å². The molecule has 3 aromatic heterocycles. The molecule has 1 unspecified atom stereocenters. The summed E-state index contributed by atoms with van der Waals surface area (Å²) in [6.07, 6.45) is 2.98. The van der Waals surface area contributed by atoms with E-state index in [4.69, 9.17) is 8.83 Å². The molecule has 0 aromatic carbocycles. The Balaban J connectivity index is 1.83. The third-order valence-corrected chi connectivity index (χ3v) is 4.74. The molecule has 23 heavy (non-hydrogen) atoms. The molecule has 0 fully saturated rings. The summed E-state index contributed by atoms with van der Waals surface area (Å²) in [6, 6.07) is 7.07. The maximum Gasteiger partial charge on any atom is 0.254 e. The van der Waals surface area contributed by atoms with Crippen molar-refractivity contribution in [3.05, 3.63) is 69.7 Å². The van der Waals surface area contributed by atoms with Gasteiger partial charge in [0.15, 0.2) is 0 Å². The van der Waals surface area contributed by atoms with E-state index in [1.165, 1.54) is 23.9 Å². The predicted molar refractivity (Wildman–Crippen MR) is 86.5 cm³/mol. The van der Waals surface area contributed by atoms with Crippen LogP contribution >= 0.6 is 11.3 Å². The molecule has 0 spiro atoms. The zero-order valence-electron chi connectivity index (χ0n) is 12.8. The molecule has 3 rings (SSSR count). The molecular weight excluding hydrogens is 314 g/mol. The van der Waals surface area contributed by atoms with E-state index in [0.29, 0.717) is 22.6 Å². The number of carbonyl (C=O) groups is 1. The first kappa shape index (κ1) is 15.6. The number of furan rings is 2. The van der Waals surface area contributed by atoms with Gasteiger partial charge in [-0.3, -0.25) is 4.79 Å². The first-order chi connectivity index (χ1) is 11.0. The van der Waals surface area contributed by atoms with Crippen LogP contribution in [-0.4, -0.2) is 17.6 Å². The van der Waals surface area contributed by atoms with Crippen molar-refractivity contribution in [1.82, 2.24) is 5.32 Å². The van der Waals surface area contributed by atoms with Gasteiger partial charge < -0.3 is 19.3 Å². The topological polar surface area (TPSA) is 75.6 Å². The van der Waals surface area contributed by atoms with E-state index in [9.17, 15) is 9.90 Å². The molecule has 0 radical (unpaired) electrons. The maximum atomic E-state index is 12.4. The summed E-state index contributed by atoms with van der Waals surface area (Å²) in [5, 5.41) is 15.8. The highest BCUT2D eigenvalue weighted by Crippen LogP contribution is 2.32. The molecule has 3 heterocycles. The van der Waals surface area contributed by atoms with Crippen LogP contribution in [0, 0.1) is 13.8 Å². The van der Waals surface area contributed by atoms with E-state index in [0.717, 1.165) is 4.88 Å². The second-order valence-corrected chi connectivity index (χ2v) is 6.31. The van der Waals surface area contributed by atoms with Crippen LogP contribution in [0.2, 0.25) is 0 Å². The van der Waals surface area contributed by atoms with Crippen LogP contribution in [-0.2, 0) is 5.60 Å². The molecule has 0 aliphatic carbocycles. The van der Waals surface area contributed by atoms with Gasteiger partial charge in [-0.05, 0) is 37.4 Å². The van der Waals surface area contributed by atoms with E-state index in [1.54, 1.807) is 26.0 Å². The van der Waals surface area contributed by atoms with E-state index in [1.807, 2.05) is 17.5 Å². The molecule has 0 aliphatic heterocycles. The lowest BCUT2D eigenvalue weighted by Crippen LogP contribution is -2.41. The van der Waals surface area contributed by atoms with Gasteiger partial charge in [0.2, 0.25) is 0 Å². The third kappa shape index (κ3) is 2.95. The van der Waals surface area contributed by atoms with Gasteiger partial charge in [-0.15, -0.1) is 11.3 Å². The van der Waals surface area contributed by atoms with Crippen molar-refractivity contribution in [2.24, 2.45) is 0 Å². The van der Waals surface area contributed by atoms with Gasteiger partial charge in [-0.1, -0.05) is 6.07 Å². The predicted octanol–water partition coefficient (Wildman–Crippen LogP) is 3.22. The largest absolute Gasteiger partial charge is 0.472 e. The molecule has 0 saturated heterocycles. The van der Waals surface area contributed by atoms with Crippen LogP contribution in [0.3, 0.4) is 0 Å². The zero-order chi connectivity index (χ0) is 16.4. The lowest BCUT2D eigenvalue weighted by Gasteiger charge is -2.26. The van der Waals surface area contributed by atoms with Gasteiger partial charge in [0, 0.05) is 10.4 Å². The van der Waals surface area contributed by atoms with E-state index in [-0.39, 0.29) is 12.5 Å². The standard InChI is InChI=1S/C17H17NO4S/c1-11-8-14(12(2)22-11)16(19)18-10-17(20,13-5-6-21-9-13)15-4-3-7-23-15/h3-9,20H,10H2,1-2H3,(H,18,19). The lowest BCUT2D eigenvalue weighted by atomic mass is 9.94. The van der Waals surface area contributed by atoms with Crippen LogP contribution in [0.15, 0.2) is 51.0 Å². The SMILES string of the molecule is Cc1cc(C(=O)NCC(O)(c2ccoc2)c2cccs2)c(C)o1. The number of thiophene rings is 1. The number of carbonyl (C=O) groups excluding carboxylic acids is 1. The Labute approximate surface area is 137 Å². The molecule has 3 aromatic rings. The molecular formula is C17H17NO4S. The van der Waals surface area contributed by atoms with Crippen molar-refractivity contribution < 1.29 is 18.7 Å². The molecule has 0 bridgehead atoms. The van der Waals surface area contributed by atoms with Crippen molar-refractivity contribution in [1.29, 1.82) is 0 Å².